The Morgan fingerprint density at radius 1 is 1.20 bits per heavy atom. The Balaban J connectivity index is 1.69. The summed E-state index contributed by atoms with van der Waals surface area (Å²) in [6, 6.07) is 20.2. The number of benzene rings is 2. The Morgan fingerprint density at radius 3 is 2.73 bits per heavy atom. The number of carbonyl (C=O) groups is 1. The Kier molecular flexibility index (Phi) is 6.29. The van der Waals surface area contributed by atoms with Gasteiger partial charge in [-0.15, -0.1) is 0 Å². The lowest BCUT2D eigenvalue weighted by Crippen LogP contribution is -2.34. The fraction of sp³-hybridized carbons (Fsp3) is 0.360. The summed E-state index contributed by atoms with van der Waals surface area (Å²) in [5.74, 6) is 0.791. The van der Waals surface area contributed by atoms with Crippen LogP contribution in [-0.2, 0) is 4.74 Å². The van der Waals surface area contributed by atoms with Crippen LogP contribution in [0, 0.1) is 0 Å². The molecule has 4 rings (SSSR count). The van der Waals surface area contributed by atoms with E-state index in [1.807, 2.05) is 48.5 Å². The van der Waals surface area contributed by atoms with E-state index in [2.05, 4.69) is 29.3 Å². The molecule has 0 aliphatic carbocycles. The summed E-state index contributed by atoms with van der Waals surface area (Å²) in [5, 5.41) is 4.11. The second-order valence-electron chi connectivity index (χ2n) is 7.83. The summed E-state index contributed by atoms with van der Waals surface area (Å²) in [7, 11) is 1.73. The number of hydrogen-bond donors (Lipinski definition) is 1. The fourth-order valence-electron chi connectivity index (χ4n) is 4.34. The highest BCUT2D eigenvalue weighted by Gasteiger charge is 2.27. The summed E-state index contributed by atoms with van der Waals surface area (Å²) in [6.07, 6.45) is 3.01. The van der Waals surface area contributed by atoms with E-state index in [0.29, 0.717) is 18.2 Å². The van der Waals surface area contributed by atoms with Crippen molar-refractivity contribution < 1.29 is 9.53 Å². The summed E-state index contributed by atoms with van der Waals surface area (Å²) >= 11 is 0. The summed E-state index contributed by atoms with van der Waals surface area (Å²) in [4.78, 5) is 20.6. The standard InChI is InChI=1S/C25H29N3O2/c1-3-22(18-10-5-4-6-11-18)27-25(29)21-16-24(26-23-14-8-7-13-20(21)23)28-15-9-12-19(28)17-30-2/h4-8,10-11,13-14,16,19,22H,3,9,12,15,17H2,1-2H3,(H,27,29)/t19-,22?/m0/s1. The number of nitrogens with one attached hydrogen (secondary N) is 1. The molecule has 1 aliphatic rings. The van der Waals surface area contributed by atoms with Crippen molar-refractivity contribution in [1.82, 2.24) is 10.3 Å². The van der Waals surface area contributed by atoms with Crippen molar-refractivity contribution in [3.8, 4) is 0 Å². The first kappa shape index (κ1) is 20.4. The van der Waals surface area contributed by atoms with E-state index in [9.17, 15) is 4.79 Å². The molecule has 5 heteroatoms. The number of aromatic nitrogens is 1. The van der Waals surface area contributed by atoms with Gasteiger partial charge in [-0.3, -0.25) is 4.79 Å². The highest BCUT2D eigenvalue weighted by Crippen LogP contribution is 2.29. The smallest absolute Gasteiger partial charge is 0.252 e. The number of ether oxygens (including phenoxy) is 1. The van der Waals surface area contributed by atoms with Gasteiger partial charge >= 0.3 is 0 Å². The molecule has 0 bridgehead atoms. The topological polar surface area (TPSA) is 54.5 Å². The molecule has 1 fully saturated rings. The number of rotatable bonds is 7. The summed E-state index contributed by atoms with van der Waals surface area (Å²) < 4.78 is 5.41. The first-order valence-corrected chi connectivity index (χ1v) is 10.7. The van der Waals surface area contributed by atoms with Crippen molar-refractivity contribution in [2.45, 2.75) is 38.3 Å². The quantitative estimate of drug-likeness (QED) is 0.620. The number of nitrogens with zero attached hydrogens (tertiary/aromatic N) is 2. The number of pyridine rings is 1. The predicted molar refractivity (Wildman–Crippen MR) is 121 cm³/mol. The third kappa shape index (κ3) is 4.17. The number of carbonyl (C=O) groups excluding carboxylic acids is 1. The maximum atomic E-state index is 13.4. The first-order valence-electron chi connectivity index (χ1n) is 10.7. The van der Waals surface area contributed by atoms with Crippen LogP contribution in [0.1, 0.15) is 48.1 Å². The second kappa shape index (κ2) is 9.26. The van der Waals surface area contributed by atoms with Gasteiger partial charge in [0.15, 0.2) is 0 Å². The minimum absolute atomic E-state index is 0.0258. The van der Waals surface area contributed by atoms with E-state index in [1.165, 1.54) is 0 Å². The molecule has 0 saturated carbocycles. The average molecular weight is 404 g/mol. The SMILES string of the molecule is CCC(NC(=O)c1cc(N2CCC[C@H]2COC)nc2ccccc12)c1ccccc1. The van der Waals surface area contributed by atoms with Gasteiger partial charge in [-0.2, -0.15) is 0 Å². The number of methoxy groups -OCH3 is 1. The average Bonchev–Trinajstić information content (AvgIpc) is 3.25. The second-order valence-corrected chi connectivity index (χ2v) is 7.83. The van der Waals surface area contributed by atoms with E-state index in [-0.39, 0.29) is 11.9 Å². The molecule has 0 spiro atoms. The molecule has 5 nitrogen and oxygen atoms in total. The minimum atomic E-state index is -0.0620. The van der Waals surface area contributed by atoms with Crippen LogP contribution >= 0.6 is 0 Å². The molecule has 2 atom stereocenters. The number of amides is 1. The molecule has 1 aliphatic heterocycles. The molecule has 30 heavy (non-hydrogen) atoms. The van der Waals surface area contributed by atoms with Crippen molar-refractivity contribution in [3.63, 3.8) is 0 Å². The molecular weight excluding hydrogens is 374 g/mol. The zero-order valence-corrected chi connectivity index (χ0v) is 17.7. The molecule has 2 aromatic carbocycles. The lowest BCUT2D eigenvalue weighted by molar-refractivity contribution is 0.0937. The minimum Gasteiger partial charge on any atom is -0.383 e. The lowest BCUT2D eigenvalue weighted by Gasteiger charge is -2.26. The van der Waals surface area contributed by atoms with Crippen molar-refractivity contribution in [1.29, 1.82) is 0 Å². The van der Waals surface area contributed by atoms with Crippen molar-refractivity contribution in [3.05, 3.63) is 71.8 Å². The van der Waals surface area contributed by atoms with E-state index in [4.69, 9.17) is 9.72 Å². The molecule has 1 aromatic heterocycles. The highest BCUT2D eigenvalue weighted by molar-refractivity contribution is 6.07. The summed E-state index contributed by atoms with van der Waals surface area (Å²) in [5.41, 5.74) is 2.63. The van der Waals surface area contributed by atoms with Gasteiger partial charge in [0.1, 0.15) is 5.82 Å². The van der Waals surface area contributed by atoms with Gasteiger partial charge in [-0.25, -0.2) is 4.98 Å². The molecule has 1 amide bonds. The predicted octanol–water partition coefficient (Wildman–Crippen LogP) is 4.73. The van der Waals surface area contributed by atoms with Crippen LogP contribution in [0.25, 0.3) is 10.9 Å². The molecule has 0 radical (unpaired) electrons. The Morgan fingerprint density at radius 2 is 1.97 bits per heavy atom. The van der Waals surface area contributed by atoms with Gasteiger partial charge in [0.05, 0.1) is 29.8 Å². The van der Waals surface area contributed by atoms with E-state index in [1.54, 1.807) is 7.11 Å². The number of fused-ring (bicyclic) bond motifs is 1. The van der Waals surface area contributed by atoms with Gasteiger partial charge in [0.25, 0.3) is 5.91 Å². The Hall–Kier alpha value is -2.92. The normalized spacial score (nSPS) is 17.3. The Bertz CT molecular complexity index is 1010. The van der Waals surface area contributed by atoms with E-state index >= 15 is 0 Å². The maximum absolute atomic E-state index is 13.4. The van der Waals surface area contributed by atoms with Gasteiger partial charge < -0.3 is 15.0 Å². The van der Waals surface area contributed by atoms with Crippen LogP contribution in [0.3, 0.4) is 0 Å². The van der Waals surface area contributed by atoms with Crippen molar-refractivity contribution in [2.75, 3.05) is 25.2 Å². The Labute approximate surface area is 178 Å². The monoisotopic (exact) mass is 403 g/mol. The molecule has 156 valence electrons. The zero-order chi connectivity index (χ0) is 20.9. The molecule has 2 heterocycles. The van der Waals surface area contributed by atoms with Crippen LogP contribution < -0.4 is 10.2 Å². The molecular formula is C25H29N3O2. The van der Waals surface area contributed by atoms with Crippen LogP contribution in [0.5, 0.6) is 0 Å². The third-order valence-corrected chi connectivity index (χ3v) is 5.89. The van der Waals surface area contributed by atoms with Gasteiger partial charge in [-0.05, 0) is 37.0 Å². The molecule has 1 unspecified atom stereocenters. The fourth-order valence-corrected chi connectivity index (χ4v) is 4.34. The number of hydrogen-bond acceptors (Lipinski definition) is 4. The molecule has 3 aromatic rings. The number of anilines is 1. The van der Waals surface area contributed by atoms with E-state index in [0.717, 1.165) is 48.1 Å². The third-order valence-electron chi connectivity index (χ3n) is 5.89. The molecule has 1 N–H and O–H groups in total. The van der Waals surface area contributed by atoms with Crippen molar-refractivity contribution >= 4 is 22.6 Å². The molecule has 1 saturated heterocycles. The van der Waals surface area contributed by atoms with Gasteiger partial charge in [-0.1, -0.05) is 55.5 Å². The maximum Gasteiger partial charge on any atom is 0.252 e. The van der Waals surface area contributed by atoms with Crippen molar-refractivity contribution in [2.24, 2.45) is 0 Å². The summed E-state index contributed by atoms with van der Waals surface area (Å²) in [6.45, 7) is 3.69. The lowest BCUT2D eigenvalue weighted by atomic mass is 10.0. The first-order chi connectivity index (χ1) is 14.7. The van der Waals surface area contributed by atoms with Crippen LogP contribution in [0.4, 0.5) is 5.82 Å². The van der Waals surface area contributed by atoms with E-state index < -0.39 is 0 Å². The van der Waals surface area contributed by atoms with Gasteiger partial charge in [0, 0.05) is 19.0 Å². The largest absolute Gasteiger partial charge is 0.383 e. The van der Waals surface area contributed by atoms with Crippen LogP contribution in [-0.4, -0.2) is 37.2 Å². The van der Waals surface area contributed by atoms with Crippen LogP contribution in [0.2, 0.25) is 0 Å². The van der Waals surface area contributed by atoms with Crippen LogP contribution in [0.15, 0.2) is 60.7 Å². The number of para-hydroxylation sites is 1. The zero-order valence-electron chi connectivity index (χ0n) is 17.7. The highest BCUT2D eigenvalue weighted by atomic mass is 16.5. The van der Waals surface area contributed by atoms with Gasteiger partial charge in [0.2, 0.25) is 0 Å².